The van der Waals surface area contributed by atoms with Gasteiger partial charge in [0, 0.05) is 25.4 Å². The Balaban J connectivity index is 2.35. The summed E-state index contributed by atoms with van der Waals surface area (Å²) in [6, 6.07) is 8.37. The maximum atomic E-state index is 12.9. The molecule has 0 spiro atoms. The van der Waals surface area contributed by atoms with E-state index in [1.807, 2.05) is 0 Å². The van der Waals surface area contributed by atoms with Crippen LogP contribution in [0.15, 0.2) is 30.5 Å². The molecule has 0 atom stereocenters. The summed E-state index contributed by atoms with van der Waals surface area (Å²) in [6.07, 6.45) is 1.60. The molecule has 0 saturated carbocycles. The topological polar surface area (TPSA) is 46.9 Å². The van der Waals surface area contributed by atoms with Crippen molar-refractivity contribution in [3.63, 3.8) is 0 Å². The number of nitrogens with one attached hydrogen (secondary N) is 1. The van der Waals surface area contributed by atoms with Crippen molar-refractivity contribution >= 4 is 5.91 Å². The van der Waals surface area contributed by atoms with Crippen LogP contribution in [-0.4, -0.2) is 22.7 Å². The van der Waals surface area contributed by atoms with Crippen molar-refractivity contribution < 1.29 is 9.18 Å². The summed E-state index contributed by atoms with van der Waals surface area (Å²) in [6.45, 7) is 0. The summed E-state index contributed by atoms with van der Waals surface area (Å²) >= 11 is 0. The minimum Gasteiger partial charge on any atom is -0.354 e. The lowest BCUT2D eigenvalue weighted by molar-refractivity contribution is 0.0958. The molecule has 5 heteroatoms. The minimum absolute atomic E-state index is 0.276. The largest absolute Gasteiger partial charge is 0.354 e. The van der Waals surface area contributed by atoms with Crippen LogP contribution in [0.5, 0.6) is 0 Å². The zero-order chi connectivity index (χ0) is 11.5. The van der Waals surface area contributed by atoms with Gasteiger partial charge in [0.05, 0.1) is 5.69 Å². The van der Waals surface area contributed by atoms with Crippen molar-refractivity contribution in [3.8, 4) is 5.69 Å². The zero-order valence-corrected chi connectivity index (χ0v) is 8.57. The Labute approximate surface area is 91.7 Å². The molecule has 16 heavy (non-hydrogen) atoms. The molecule has 1 amide bonds. The van der Waals surface area contributed by atoms with Gasteiger partial charge in [-0.2, -0.15) is 5.10 Å². The SMILES string of the molecule is CNC(=O)c1ccn(-c2cc[c]c(F)c2)n1. The summed E-state index contributed by atoms with van der Waals surface area (Å²) in [5, 5.41) is 6.48. The molecule has 0 unspecified atom stereocenters. The fraction of sp³-hybridized carbons (Fsp3) is 0.0909. The molecule has 0 aliphatic carbocycles. The van der Waals surface area contributed by atoms with Crippen LogP contribution < -0.4 is 5.32 Å². The number of nitrogens with zero attached hydrogens (tertiary/aromatic N) is 2. The molecular formula is C11H9FN3O. The van der Waals surface area contributed by atoms with Gasteiger partial charge in [0.25, 0.3) is 5.91 Å². The van der Waals surface area contributed by atoms with Crippen molar-refractivity contribution in [3.05, 3.63) is 48.0 Å². The number of aromatic nitrogens is 2. The zero-order valence-electron chi connectivity index (χ0n) is 8.57. The Kier molecular flexibility index (Phi) is 2.68. The highest BCUT2D eigenvalue weighted by atomic mass is 19.1. The number of hydrogen-bond acceptors (Lipinski definition) is 2. The standard InChI is InChI=1S/C11H9FN3O/c1-13-11(16)10-5-6-15(14-10)9-4-2-3-8(12)7-9/h2,4-7H,1H3,(H,13,16). The molecule has 1 aromatic carbocycles. The van der Waals surface area contributed by atoms with E-state index >= 15 is 0 Å². The normalized spacial score (nSPS) is 10.1. The van der Waals surface area contributed by atoms with E-state index in [4.69, 9.17) is 0 Å². The highest BCUT2D eigenvalue weighted by Crippen LogP contribution is 2.08. The smallest absolute Gasteiger partial charge is 0.271 e. The van der Waals surface area contributed by atoms with Crippen molar-refractivity contribution in [2.24, 2.45) is 0 Å². The van der Waals surface area contributed by atoms with Crippen molar-refractivity contribution in [2.45, 2.75) is 0 Å². The average Bonchev–Trinajstić information content (AvgIpc) is 2.77. The number of carbonyl (C=O) groups excluding carboxylic acids is 1. The van der Waals surface area contributed by atoms with Gasteiger partial charge in [-0.05, 0) is 18.2 Å². The van der Waals surface area contributed by atoms with Gasteiger partial charge < -0.3 is 5.32 Å². The Morgan fingerprint density at radius 3 is 3.06 bits per heavy atom. The molecule has 0 fully saturated rings. The van der Waals surface area contributed by atoms with Crippen LogP contribution in [-0.2, 0) is 0 Å². The third-order valence-electron chi connectivity index (χ3n) is 2.06. The number of halogens is 1. The number of amides is 1. The van der Waals surface area contributed by atoms with Gasteiger partial charge in [-0.25, -0.2) is 9.07 Å². The van der Waals surface area contributed by atoms with Gasteiger partial charge >= 0.3 is 0 Å². The van der Waals surface area contributed by atoms with E-state index in [0.717, 1.165) is 0 Å². The third kappa shape index (κ3) is 1.93. The van der Waals surface area contributed by atoms with Crippen LogP contribution in [0.2, 0.25) is 0 Å². The molecule has 0 aliphatic heterocycles. The lowest BCUT2D eigenvalue weighted by Crippen LogP contribution is -2.18. The van der Waals surface area contributed by atoms with Crippen LogP contribution in [0.3, 0.4) is 0 Å². The molecule has 1 aromatic heterocycles. The first kappa shape index (κ1) is 10.4. The van der Waals surface area contributed by atoms with Gasteiger partial charge in [0.1, 0.15) is 5.82 Å². The number of carbonyl (C=O) groups is 1. The summed E-state index contributed by atoms with van der Waals surface area (Å²) in [7, 11) is 1.53. The lowest BCUT2D eigenvalue weighted by atomic mass is 10.3. The molecule has 0 saturated heterocycles. The van der Waals surface area contributed by atoms with Crippen molar-refractivity contribution in [2.75, 3.05) is 7.05 Å². The van der Waals surface area contributed by atoms with Crippen molar-refractivity contribution in [1.29, 1.82) is 0 Å². The predicted octanol–water partition coefficient (Wildman–Crippen LogP) is 1.17. The fourth-order valence-corrected chi connectivity index (χ4v) is 1.29. The monoisotopic (exact) mass is 218 g/mol. The van der Waals surface area contributed by atoms with E-state index in [1.54, 1.807) is 18.3 Å². The molecule has 2 aromatic rings. The first-order valence-corrected chi connectivity index (χ1v) is 4.66. The maximum Gasteiger partial charge on any atom is 0.271 e. The van der Waals surface area contributed by atoms with Crippen LogP contribution >= 0.6 is 0 Å². The molecule has 0 bridgehead atoms. The minimum atomic E-state index is -0.463. The molecule has 1 radical (unpaired) electrons. The first-order chi connectivity index (χ1) is 7.70. The van der Waals surface area contributed by atoms with Gasteiger partial charge in [-0.15, -0.1) is 0 Å². The number of hydrogen-bond donors (Lipinski definition) is 1. The summed E-state index contributed by atoms with van der Waals surface area (Å²) < 4.78 is 14.3. The predicted molar refractivity (Wildman–Crippen MR) is 55.7 cm³/mol. The molecule has 0 aliphatic rings. The van der Waals surface area contributed by atoms with E-state index in [9.17, 15) is 9.18 Å². The summed E-state index contributed by atoms with van der Waals surface area (Å²) in [4.78, 5) is 11.3. The second kappa shape index (κ2) is 4.14. The maximum absolute atomic E-state index is 12.9. The average molecular weight is 218 g/mol. The molecule has 1 N–H and O–H groups in total. The third-order valence-corrected chi connectivity index (χ3v) is 2.06. The van der Waals surface area contributed by atoms with Gasteiger partial charge in [-0.3, -0.25) is 4.79 Å². The number of rotatable bonds is 2. The Morgan fingerprint density at radius 2 is 2.38 bits per heavy atom. The van der Waals surface area contributed by atoms with Crippen LogP contribution in [0.1, 0.15) is 10.5 Å². The lowest BCUT2D eigenvalue weighted by Gasteiger charge is -2.00. The summed E-state index contributed by atoms with van der Waals surface area (Å²) in [5.41, 5.74) is 0.835. The van der Waals surface area contributed by atoms with E-state index in [1.165, 1.54) is 23.9 Å². The van der Waals surface area contributed by atoms with Gasteiger partial charge in [0.15, 0.2) is 5.69 Å². The Bertz CT molecular complexity index is 521. The molecule has 2 rings (SSSR count). The number of benzene rings is 1. The Morgan fingerprint density at radius 1 is 1.56 bits per heavy atom. The summed E-state index contributed by atoms with van der Waals surface area (Å²) in [5.74, 6) is -0.740. The first-order valence-electron chi connectivity index (χ1n) is 4.66. The Hall–Kier alpha value is -2.17. The highest BCUT2D eigenvalue weighted by molar-refractivity contribution is 5.91. The van der Waals surface area contributed by atoms with Crippen LogP contribution in [0.4, 0.5) is 4.39 Å². The fourth-order valence-electron chi connectivity index (χ4n) is 1.29. The second-order valence-corrected chi connectivity index (χ2v) is 3.12. The molecule has 81 valence electrons. The molecular weight excluding hydrogens is 209 g/mol. The molecule has 1 heterocycles. The van der Waals surface area contributed by atoms with Gasteiger partial charge in [0.2, 0.25) is 0 Å². The van der Waals surface area contributed by atoms with E-state index < -0.39 is 5.82 Å². The van der Waals surface area contributed by atoms with Crippen LogP contribution in [0, 0.1) is 11.9 Å². The highest BCUT2D eigenvalue weighted by Gasteiger charge is 2.07. The van der Waals surface area contributed by atoms with E-state index in [-0.39, 0.29) is 11.6 Å². The quantitative estimate of drug-likeness (QED) is 0.822. The second-order valence-electron chi connectivity index (χ2n) is 3.12. The van der Waals surface area contributed by atoms with E-state index in [0.29, 0.717) is 5.69 Å². The van der Waals surface area contributed by atoms with E-state index in [2.05, 4.69) is 16.5 Å². The van der Waals surface area contributed by atoms with Crippen molar-refractivity contribution in [1.82, 2.24) is 15.1 Å². The van der Waals surface area contributed by atoms with Crippen LogP contribution in [0.25, 0.3) is 5.69 Å². The van der Waals surface area contributed by atoms with Gasteiger partial charge in [-0.1, -0.05) is 0 Å². The molecule has 4 nitrogen and oxygen atoms in total.